The number of para-hydroxylation sites is 3. The maximum absolute atomic E-state index is 2.51. The van der Waals surface area contributed by atoms with Gasteiger partial charge in [0, 0.05) is 33.2 Å². The summed E-state index contributed by atoms with van der Waals surface area (Å²) in [6.07, 6.45) is 7.13. The van der Waals surface area contributed by atoms with E-state index in [4.69, 9.17) is 0 Å². The van der Waals surface area contributed by atoms with Gasteiger partial charge in [0.2, 0.25) is 0 Å². The maximum Gasteiger partial charge on any atom is 0.0562 e. The average Bonchev–Trinajstić information content (AvgIpc) is 3.81. The molecule has 60 heavy (non-hydrogen) atoms. The van der Waals surface area contributed by atoms with Gasteiger partial charge in [-0.25, -0.2) is 0 Å². The Hall–Kier alpha value is -6.64. The second-order valence-corrected chi connectivity index (χ2v) is 18.1. The Balaban J connectivity index is 0.880. The van der Waals surface area contributed by atoms with Crippen LogP contribution in [0, 0.1) is 23.7 Å². The number of hydrogen-bond acceptors (Lipinski definition) is 1. The fourth-order valence-corrected chi connectivity index (χ4v) is 13.1. The fourth-order valence-electron chi connectivity index (χ4n) is 13.1. The van der Waals surface area contributed by atoms with Gasteiger partial charge in [0.25, 0.3) is 0 Å². The van der Waals surface area contributed by atoms with Gasteiger partial charge in [-0.2, -0.15) is 0 Å². The summed E-state index contributed by atoms with van der Waals surface area (Å²) in [6.45, 7) is 0. The van der Waals surface area contributed by atoms with E-state index in [9.17, 15) is 0 Å². The lowest BCUT2D eigenvalue weighted by Crippen LogP contribution is -2.55. The van der Waals surface area contributed by atoms with Gasteiger partial charge >= 0.3 is 0 Å². The molecule has 9 aromatic rings. The van der Waals surface area contributed by atoms with E-state index < -0.39 is 0 Å². The maximum atomic E-state index is 2.51. The predicted molar refractivity (Wildman–Crippen MR) is 250 cm³/mol. The number of anilines is 3. The van der Waals surface area contributed by atoms with Crippen LogP contribution in [0.3, 0.4) is 0 Å². The molecular weight excluding hydrogens is 725 g/mol. The van der Waals surface area contributed by atoms with Crippen LogP contribution in [-0.4, -0.2) is 4.57 Å². The van der Waals surface area contributed by atoms with Crippen LogP contribution < -0.4 is 4.90 Å². The predicted octanol–water partition coefficient (Wildman–Crippen LogP) is 15.3. The molecule has 14 rings (SSSR count). The molecule has 5 aliphatic carbocycles. The number of nitrogens with zero attached hydrogens (tertiary/aromatic N) is 2. The minimum absolute atomic E-state index is 0.190. The van der Waals surface area contributed by atoms with E-state index in [2.05, 4.69) is 204 Å². The molecule has 2 heteroatoms. The molecular formula is C58H46N2. The minimum atomic E-state index is 0.190. The second-order valence-electron chi connectivity index (χ2n) is 18.1. The van der Waals surface area contributed by atoms with E-state index in [1.54, 1.807) is 11.1 Å². The highest BCUT2D eigenvalue weighted by Gasteiger charge is 2.61. The van der Waals surface area contributed by atoms with Gasteiger partial charge < -0.3 is 9.47 Å². The molecule has 0 radical (unpaired) electrons. The molecule has 0 atom stereocenters. The number of fused-ring (bicyclic) bond motifs is 6. The molecule has 1 spiro atoms. The van der Waals surface area contributed by atoms with Crippen LogP contribution >= 0.6 is 0 Å². The Morgan fingerprint density at radius 1 is 0.417 bits per heavy atom. The van der Waals surface area contributed by atoms with Crippen LogP contribution in [-0.2, 0) is 5.41 Å². The highest BCUT2D eigenvalue weighted by Crippen LogP contribution is 2.70. The van der Waals surface area contributed by atoms with Gasteiger partial charge in [0.15, 0.2) is 0 Å². The SMILES string of the molecule is c1ccc(N(c2ccc(-c3ccc(-c4cccc5c4-c4ccccc4C54C5CC6CC(C5)CC4C6)cc3)cc2)c2cccc3c2c2ccccc2n3-c2ccccc2)cc1. The Morgan fingerprint density at radius 3 is 1.72 bits per heavy atom. The zero-order chi connectivity index (χ0) is 39.4. The zero-order valence-electron chi connectivity index (χ0n) is 33.7. The van der Waals surface area contributed by atoms with E-state index in [1.807, 2.05) is 0 Å². The van der Waals surface area contributed by atoms with Crippen molar-refractivity contribution in [2.45, 2.75) is 37.5 Å². The first kappa shape index (κ1) is 34.2. The van der Waals surface area contributed by atoms with Gasteiger partial charge in [-0.15, -0.1) is 0 Å². The Morgan fingerprint density at radius 2 is 0.967 bits per heavy atom. The summed E-state index contributed by atoms with van der Waals surface area (Å²) in [6, 6.07) is 72.3. The monoisotopic (exact) mass is 770 g/mol. The first-order valence-electron chi connectivity index (χ1n) is 22.1. The van der Waals surface area contributed by atoms with Crippen molar-refractivity contribution in [3.8, 4) is 39.1 Å². The van der Waals surface area contributed by atoms with Crippen LogP contribution in [0.4, 0.5) is 17.1 Å². The lowest BCUT2D eigenvalue weighted by atomic mass is 9.43. The summed E-state index contributed by atoms with van der Waals surface area (Å²) in [7, 11) is 0. The smallest absolute Gasteiger partial charge is 0.0562 e. The van der Waals surface area contributed by atoms with Crippen molar-refractivity contribution in [1.82, 2.24) is 4.57 Å². The molecule has 0 saturated heterocycles. The summed E-state index contributed by atoms with van der Waals surface area (Å²) in [4.78, 5) is 2.42. The number of hydrogen-bond donors (Lipinski definition) is 0. The quantitative estimate of drug-likeness (QED) is 0.163. The van der Waals surface area contributed by atoms with Gasteiger partial charge in [-0.1, -0.05) is 140 Å². The van der Waals surface area contributed by atoms with Crippen molar-refractivity contribution in [2.24, 2.45) is 23.7 Å². The topological polar surface area (TPSA) is 8.17 Å². The molecule has 0 N–H and O–H groups in total. The molecule has 0 aliphatic heterocycles. The first-order valence-corrected chi connectivity index (χ1v) is 22.1. The average molecular weight is 771 g/mol. The van der Waals surface area contributed by atoms with Gasteiger partial charge in [0.1, 0.15) is 0 Å². The van der Waals surface area contributed by atoms with Crippen molar-refractivity contribution >= 4 is 38.9 Å². The van der Waals surface area contributed by atoms with Gasteiger partial charge in [-0.05, 0) is 155 Å². The second kappa shape index (κ2) is 13.2. The van der Waals surface area contributed by atoms with Crippen molar-refractivity contribution in [2.75, 3.05) is 4.90 Å². The largest absolute Gasteiger partial charge is 0.310 e. The Bertz CT molecular complexity index is 3060. The molecule has 0 unspecified atom stereocenters. The van der Waals surface area contributed by atoms with Crippen molar-refractivity contribution in [3.05, 3.63) is 205 Å². The molecule has 2 nitrogen and oxygen atoms in total. The van der Waals surface area contributed by atoms with E-state index in [-0.39, 0.29) is 5.41 Å². The van der Waals surface area contributed by atoms with Crippen LogP contribution in [0.1, 0.15) is 43.2 Å². The van der Waals surface area contributed by atoms with Crippen LogP contribution in [0.15, 0.2) is 194 Å². The van der Waals surface area contributed by atoms with Crippen molar-refractivity contribution in [3.63, 3.8) is 0 Å². The molecule has 288 valence electrons. The Labute approximate surface area is 352 Å². The molecule has 8 aromatic carbocycles. The van der Waals surface area contributed by atoms with Crippen LogP contribution in [0.5, 0.6) is 0 Å². The van der Waals surface area contributed by atoms with Crippen LogP contribution in [0.2, 0.25) is 0 Å². The Kier molecular flexibility index (Phi) is 7.52. The normalized spacial score (nSPS) is 22.1. The van der Waals surface area contributed by atoms with Gasteiger partial charge in [-0.3, -0.25) is 0 Å². The number of benzene rings is 8. The van der Waals surface area contributed by atoms with E-state index >= 15 is 0 Å². The molecule has 4 bridgehead atoms. The van der Waals surface area contributed by atoms with Crippen molar-refractivity contribution in [1.29, 1.82) is 0 Å². The fraction of sp³-hybridized carbons (Fsp3) is 0.172. The number of rotatable bonds is 6. The van der Waals surface area contributed by atoms with Crippen LogP contribution in [0.25, 0.3) is 60.9 Å². The molecule has 4 fully saturated rings. The summed E-state index contributed by atoms with van der Waals surface area (Å²) >= 11 is 0. The molecule has 1 heterocycles. The van der Waals surface area contributed by atoms with Gasteiger partial charge in [0.05, 0.1) is 16.7 Å². The third kappa shape index (κ3) is 4.88. The first-order chi connectivity index (χ1) is 29.7. The zero-order valence-corrected chi connectivity index (χ0v) is 33.7. The molecule has 0 amide bonds. The summed E-state index contributed by atoms with van der Waals surface area (Å²) < 4.78 is 2.40. The van der Waals surface area contributed by atoms with E-state index in [0.717, 1.165) is 46.4 Å². The van der Waals surface area contributed by atoms with Crippen molar-refractivity contribution < 1.29 is 0 Å². The minimum Gasteiger partial charge on any atom is -0.310 e. The third-order valence-electron chi connectivity index (χ3n) is 15.2. The lowest BCUT2D eigenvalue weighted by molar-refractivity contribution is -0.0399. The van der Waals surface area contributed by atoms with E-state index in [0.29, 0.717) is 0 Å². The molecule has 5 aliphatic rings. The summed E-state index contributed by atoms with van der Waals surface area (Å²) in [5.74, 6) is 3.44. The highest BCUT2D eigenvalue weighted by molar-refractivity contribution is 6.16. The summed E-state index contributed by atoms with van der Waals surface area (Å²) in [5.41, 5.74) is 18.5. The summed E-state index contributed by atoms with van der Waals surface area (Å²) in [5, 5.41) is 2.48. The molecule has 4 saturated carbocycles. The third-order valence-corrected chi connectivity index (χ3v) is 15.2. The number of aromatic nitrogens is 1. The highest BCUT2D eigenvalue weighted by atomic mass is 15.1. The standard InChI is InChI=1S/C58H46N2/c1-3-13-45(14-4-1)59(54-23-12-24-55-57(54)50-18-8-10-22-53(50)60(55)46-15-5-2-6-16-46)47-31-29-41(30-32-47)40-25-27-42(28-26-40)48-19-11-21-52-56(48)49-17-7-9-20-51(49)58(52)43-34-38-33-39(36-43)37-44(58)35-38/h1-32,38-39,43-44H,33-37H2. The van der Waals surface area contributed by atoms with E-state index in [1.165, 1.54) is 87.3 Å². The lowest BCUT2D eigenvalue weighted by Gasteiger charge is -2.61. The molecule has 1 aromatic heterocycles.